The molecule has 1 heterocycles. The maximum Gasteiger partial charge on any atom is 0.0963 e. The van der Waals surface area contributed by atoms with Crippen LogP contribution >= 0.6 is 11.8 Å². The molecule has 3 N–H and O–H groups in total. The van der Waals surface area contributed by atoms with Gasteiger partial charge in [0.2, 0.25) is 0 Å². The van der Waals surface area contributed by atoms with Crippen LogP contribution in [0.15, 0.2) is 0 Å². The number of ether oxygens (including phenoxy) is 1. The van der Waals surface area contributed by atoms with E-state index in [0.29, 0.717) is 5.25 Å². The minimum atomic E-state index is -0.141. The molecule has 1 saturated heterocycles. The second-order valence-corrected chi connectivity index (χ2v) is 5.49. The Morgan fingerprint density at radius 3 is 2.62 bits per heavy atom. The first-order chi connectivity index (χ1) is 6.02. The topological polar surface area (TPSA) is 59.1 Å². The lowest BCUT2D eigenvalue weighted by Gasteiger charge is -2.28. The molecule has 0 radical (unpaired) electrons. The second-order valence-electron chi connectivity index (χ2n) is 4.08. The number of rotatable bonds is 5. The lowest BCUT2D eigenvalue weighted by molar-refractivity contribution is 0.0455. The quantitative estimate of drug-likeness (QED) is 0.524. The Labute approximate surface area is 83.9 Å². The summed E-state index contributed by atoms with van der Waals surface area (Å²) in [7, 11) is 0. The molecule has 0 aromatic rings. The van der Waals surface area contributed by atoms with Crippen LogP contribution in [0.25, 0.3) is 0 Å². The Kier molecular flexibility index (Phi) is 3.62. The zero-order valence-electron chi connectivity index (χ0n) is 8.30. The van der Waals surface area contributed by atoms with E-state index in [0.717, 1.165) is 25.4 Å². The van der Waals surface area contributed by atoms with Crippen molar-refractivity contribution in [1.82, 2.24) is 0 Å². The van der Waals surface area contributed by atoms with Crippen LogP contribution in [0.5, 0.6) is 0 Å². The Balaban J connectivity index is 2.13. The molecule has 0 aromatic carbocycles. The number of hydrogen-bond acceptors (Lipinski definition) is 3. The molecule has 0 aromatic heterocycles. The van der Waals surface area contributed by atoms with E-state index in [4.69, 9.17) is 15.9 Å². The SMILES string of the molecule is CC(C)(CCSC1COC1)C(=N)N. The lowest BCUT2D eigenvalue weighted by atomic mass is 9.89. The number of hydrogen-bond donors (Lipinski definition) is 2. The fourth-order valence-electron chi connectivity index (χ4n) is 0.926. The molecule has 0 unspecified atom stereocenters. The van der Waals surface area contributed by atoms with E-state index in [-0.39, 0.29) is 11.3 Å². The Hall–Kier alpha value is -0.220. The van der Waals surface area contributed by atoms with Gasteiger partial charge in [-0.2, -0.15) is 11.8 Å². The van der Waals surface area contributed by atoms with E-state index in [9.17, 15) is 0 Å². The molecule has 0 aliphatic carbocycles. The van der Waals surface area contributed by atoms with Gasteiger partial charge in [-0.25, -0.2) is 0 Å². The molecule has 13 heavy (non-hydrogen) atoms. The van der Waals surface area contributed by atoms with Crippen LogP contribution in [0.3, 0.4) is 0 Å². The van der Waals surface area contributed by atoms with Crippen LogP contribution in [0.1, 0.15) is 20.3 Å². The van der Waals surface area contributed by atoms with E-state index in [1.807, 2.05) is 25.6 Å². The van der Waals surface area contributed by atoms with Crippen molar-refractivity contribution in [2.24, 2.45) is 11.1 Å². The summed E-state index contributed by atoms with van der Waals surface area (Å²) in [6.07, 6.45) is 0.976. The first kappa shape index (κ1) is 10.9. The normalized spacial score (nSPS) is 18.3. The van der Waals surface area contributed by atoms with Gasteiger partial charge in [0, 0.05) is 5.41 Å². The zero-order valence-corrected chi connectivity index (χ0v) is 9.12. The van der Waals surface area contributed by atoms with Gasteiger partial charge in [-0.15, -0.1) is 0 Å². The molecular formula is C9H18N2OS. The standard InChI is InChI=1S/C9H18N2OS/c1-9(2,8(10)11)3-4-13-7-5-12-6-7/h7H,3-6H2,1-2H3,(H3,10,11). The van der Waals surface area contributed by atoms with E-state index < -0.39 is 0 Å². The van der Waals surface area contributed by atoms with Gasteiger partial charge in [0.15, 0.2) is 0 Å². The summed E-state index contributed by atoms with van der Waals surface area (Å²) < 4.78 is 5.08. The fraction of sp³-hybridized carbons (Fsp3) is 0.889. The van der Waals surface area contributed by atoms with Crippen molar-refractivity contribution in [2.75, 3.05) is 19.0 Å². The summed E-state index contributed by atoms with van der Waals surface area (Å²) >= 11 is 1.93. The maximum absolute atomic E-state index is 7.39. The van der Waals surface area contributed by atoms with Gasteiger partial charge < -0.3 is 10.5 Å². The summed E-state index contributed by atoms with van der Waals surface area (Å²) in [5, 5.41) is 8.07. The Morgan fingerprint density at radius 1 is 1.62 bits per heavy atom. The van der Waals surface area contributed by atoms with Gasteiger partial charge in [0.25, 0.3) is 0 Å². The molecule has 1 fully saturated rings. The van der Waals surface area contributed by atoms with Crippen molar-refractivity contribution < 1.29 is 4.74 Å². The molecule has 1 aliphatic rings. The highest BCUT2D eigenvalue weighted by Crippen LogP contribution is 2.26. The van der Waals surface area contributed by atoms with Gasteiger partial charge in [-0.05, 0) is 12.2 Å². The zero-order chi connectivity index (χ0) is 9.90. The highest BCUT2D eigenvalue weighted by molar-refractivity contribution is 8.00. The van der Waals surface area contributed by atoms with Crippen molar-refractivity contribution in [1.29, 1.82) is 5.41 Å². The van der Waals surface area contributed by atoms with Crippen molar-refractivity contribution in [3.63, 3.8) is 0 Å². The summed E-state index contributed by atoms with van der Waals surface area (Å²) in [6, 6.07) is 0. The van der Waals surface area contributed by atoms with E-state index in [2.05, 4.69) is 0 Å². The molecule has 76 valence electrons. The van der Waals surface area contributed by atoms with Crippen molar-refractivity contribution in [2.45, 2.75) is 25.5 Å². The average Bonchev–Trinajstić information content (AvgIpc) is 1.94. The molecule has 3 nitrogen and oxygen atoms in total. The van der Waals surface area contributed by atoms with Crippen molar-refractivity contribution in [3.8, 4) is 0 Å². The van der Waals surface area contributed by atoms with Gasteiger partial charge in [-0.1, -0.05) is 13.8 Å². The van der Waals surface area contributed by atoms with E-state index >= 15 is 0 Å². The maximum atomic E-state index is 7.39. The first-order valence-corrected chi connectivity index (χ1v) is 5.61. The minimum Gasteiger partial charge on any atom is -0.387 e. The average molecular weight is 202 g/mol. The molecule has 4 heteroatoms. The fourth-order valence-corrected chi connectivity index (χ4v) is 2.27. The number of nitrogens with one attached hydrogen (secondary N) is 1. The van der Waals surface area contributed by atoms with Crippen LogP contribution in [-0.2, 0) is 4.74 Å². The molecular weight excluding hydrogens is 184 g/mol. The monoisotopic (exact) mass is 202 g/mol. The van der Waals surface area contributed by atoms with Crippen molar-refractivity contribution >= 4 is 17.6 Å². The summed E-state index contributed by atoms with van der Waals surface area (Å²) in [4.78, 5) is 0. The van der Waals surface area contributed by atoms with Gasteiger partial charge in [-0.3, -0.25) is 5.41 Å². The van der Waals surface area contributed by atoms with Gasteiger partial charge in [0.1, 0.15) is 0 Å². The first-order valence-electron chi connectivity index (χ1n) is 4.56. The van der Waals surface area contributed by atoms with Gasteiger partial charge >= 0.3 is 0 Å². The largest absolute Gasteiger partial charge is 0.387 e. The Bertz CT molecular complexity index is 190. The van der Waals surface area contributed by atoms with Gasteiger partial charge in [0.05, 0.1) is 24.3 Å². The summed E-state index contributed by atoms with van der Waals surface area (Å²) in [6.45, 7) is 5.83. The number of amidine groups is 1. The third-order valence-electron chi connectivity index (χ3n) is 2.42. The summed E-state index contributed by atoms with van der Waals surface area (Å²) in [5.41, 5.74) is 5.34. The van der Waals surface area contributed by atoms with E-state index in [1.54, 1.807) is 0 Å². The Morgan fingerprint density at radius 2 is 2.23 bits per heavy atom. The van der Waals surface area contributed by atoms with Crippen LogP contribution in [-0.4, -0.2) is 30.1 Å². The van der Waals surface area contributed by atoms with Crippen LogP contribution in [0.2, 0.25) is 0 Å². The lowest BCUT2D eigenvalue weighted by Crippen LogP contribution is -2.33. The minimum absolute atomic E-state index is 0.141. The number of nitrogens with two attached hydrogens (primary N) is 1. The molecule has 0 atom stereocenters. The molecule has 1 aliphatic heterocycles. The molecule has 0 amide bonds. The third kappa shape index (κ3) is 3.19. The molecule has 0 saturated carbocycles. The molecule has 0 bridgehead atoms. The highest BCUT2D eigenvalue weighted by atomic mass is 32.2. The third-order valence-corrected chi connectivity index (χ3v) is 3.60. The predicted molar refractivity (Wildman–Crippen MR) is 57.4 cm³/mol. The predicted octanol–water partition coefficient (Wildman–Crippen LogP) is 1.47. The molecule has 0 spiro atoms. The number of thioether (sulfide) groups is 1. The van der Waals surface area contributed by atoms with Crippen LogP contribution in [0.4, 0.5) is 0 Å². The molecule has 1 rings (SSSR count). The van der Waals surface area contributed by atoms with Crippen molar-refractivity contribution in [3.05, 3.63) is 0 Å². The highest BCUT2D eigenvalue weighted by Gasteiger charge is 2.23. The van der Waals surface area contributed by atoms with Crippen LogP contribution < -0.4 is 5.73 Å². The van der Waals surface area contributed by atoms with Crippen LogP contribution in [0, 0.1) is 10.8 Å². The smallest absolute Gasteiger partial charge is 0.0963 e. The second kappa shape index (κ2) is 4.33. The van der Waals surface area contributed by atoms with E-state index in [1.165, 1.54) is 0 Å². The summed E-state index contributed by atoms with van der Waals surface area (Å²) in [5.74, 6) is 1.36.